The van der Waals surface area contributed by atoms with Crippen LogP contribution >= 0.6 is 11.8 Å². The maximum absolute atomic E-state index is 12.7. The molecule has 1 amide bonds. The molecule has 0 aliphatic heterocycles. The van der Waals surface area contributed by atoms with E-state index in [-0.39, 0.29) is 12.4 Å². The van der Waals surface area contributed by atoms with E-state index in [1.54, 1.807) is 49.6 Å². The number of amides is 1. The van der Waals surface area contributed by atoms with E-state index in [1.807, 2.05) is 0 Å². The van der Waals surface area contributed by atoms with Crippen molar-refractivity contribution in [2.75, 3.05) is 25.3 Å². The van der Waals surface area contributed by atoms with Crippen molar-refractivity contribution in [2.45, 2.75) is 17.9 Å². The van der Waals surface area contributed by atoms with E-state index in [0.29, 0.717) is 33.0 Å². The fourth-order valence-electron chi connectivity index (χ4n) is 2.81. The smallest absolute Gasteiger partial charge is 0.333 e. The number of carbonyl (C=O) groups is 2. The fourth-order valence-corrected chi connectivity index (χ4v) is 3.59. The lowest BCUT2D eigenvalue weighted by atomic mass is 10.0. The first kappa shape index (κ1) is 22.1. The lowest BCUT2D eigenvalue weighted by Gasteiger charge is -2.23. The maximum Gasteiger partial charge on any atom is 0.333 e. The van der Waals surface area contributed by atoms with Crippen LogP contribution in [0, 0.1) is 5.41 Å². The number of hydrogen-bond donors (Lipinski definition) is 4. The van der Waals surface area contributed by atoms with Crippen molar-refractivity contribution >= 4 is 35.2 Å². The van der Waals surface area contributed by atoms with E-state index in [9.17, 15) is 9.59 Å². The van der Waals surface area contributed by atoms with Gasteiger partial charge in [-0.2, -0.15) is 0 Å². The molecule has 154 valence electrons. The molecule has 0 aliphatic carbocycles. The predicted octanol–water partition coefficient (Wildman–Crippen LogP) is 2.52. The highest BCUT2D eigenvalue weighted by Gasteiger charge is 2.28. The topological polar surface area (TPSA) is 141 Å². The molecular formula is C20H24N4O4S. The number of carbonyl (C=O) groups excluding carboxylic acids is 2. The number of thioether (sulfide) groups is 1. The summed E-state index contributed by atoms with van der Waals surface area (Å²) in [7, 11) is 1.47. The largest absolute Gasteiger partial charge is 0.495 e. The Morgan fingerprint density at radius 3 is 2.31 bits per heavy atom. The van der Waals surface area contributed by atoms with Crippen molar-refractivity contribution in [3.63, 3.8) is 0 Å². The van der Waals surface area contributed by atoms with E-state index in [4.69, 9.17) is 26.4 Å². The van der Waals surface area contributed by atoms with E-state index < -0.39 is 17.9 Å². The maximum atomic E-state index is 12.7. The molecule has 0 fully saturated rings. The van der Waals surface area contributed by atoms with Gasteiger partial charge in [0.15, 0.2) is 6.04 Å². The van der Waals surface area contributed by atoms with Crippen LogP contribution in [0.15, 0.2) is 41.3 Å². The van der Waals surface area contributed by atoms with Gasteiger partial charge in [-0.1, -0.05) is 6.07 Å². The van der Waals surface area contributed by atoms with Gasteiger partial charge in [-0.05, 0) is 43.5 Å². The Labute approximate surface area is 173 Å². The van der Waals surface area contributed by atoms with Crippen LogP contribution in [0.1, 0.15) is 34.5 Å². The van der Waals surface area contributed by atoms with Crippen molar-refractivity contribution in [1.29, 1.82) is 5.41 Å². The molecule has 0 bridgehead atoms. The van der Waals surface area contributed by atoms with Crippen molar-refractivity contribution in [2.24, 2.45) is 11.5 Å². The van der Waals surface area contributed by atoms with Crippen LogP contribution in [-0.4, -0.2) is 37.7 Å². The zero-order valence-corrected chi connectivity index (χ0v) is 17.3. The summed E-state index contributed by atoms with van der Waals surface area (Å²) in [6, 6.07) is 9.07. The van der Waals surface area contributed by atoms with Crippen LogP contribution in [0.2, 0.25) is 0 Å². The molecule has 0 radical (unpaired) electrons. The molecule has 0 saturated heterocycles. The average molecular weight is 417 g/mol. The van der Waals surface area contributed by atoms with Gasteiger partial charge in [0.05, 0.1) is 24.2 Å². The molecule has 0 spiro atoms. The van der Waals surface area contributed by atoms with Gasteiger partial charge < -0.3 is 26.3 Å². The van der Waals surface area contributed by atoms with Gasteiger partial charge in [0.1, 0.15) is 11.6 Å². The quantitative estimate of drug-likeness (QED) is 0.213. The van der Waals surface area contributed by atoms with Crippen LogP contribution < -0.4 is 21.5 Å². The van der Waals surface area contributed by atoms with E-state index >= 15 is 0 Å². The molecule has 0 aliphatic rings. The highest BCUT2D eigenvalue weighted by atomic mass is 32.2. The van der Waals surface area contributed by atoms with Crippen LogP contribution in [0.5, 0.6) is 5.75 Å². The first-order chi connectivity index (χ1) is 13.8. The highest BCUT2D eigenvalue weighted by Crippen LogP contribution is 2.39. The average Bonchev–Trinajstić information content (AvgIpc) is 2.71. The normalized spacial score (nSPS) is 11.4. The number of ether oxygens (including phenoxy) is 2. The van der Waals surface area contributed by atoms with Gasteiger partial charge in [-0.25, -0.2) is 4.79 Å². The zero-order chi connectivity index (χ0) is 21.6. The molecule has 2 aromatic rings. The molecule has 1 unspecified atom stereocenters. The van der Waals surface area contributed by atoms with E-state index in [1.165, 1.54) is 18.9 Å². The van der Waals surface area contributed by atoms with E-state index in [0.717, 1.165) is 0 Å². The minimum Gasteiger partial charge on any atom is -0.495 e. The molecule has 0 saturated carbocycles. The van der Waals surface area contributed by atoms with Gasteiger partial charge in [0.2, 0.25) is 5.91 Å². The second kappa shape index (κ2) is 9.83. The molecule has 2 rings (SSSR count). The number of benzene rings is 2. The Hall–Kier alpha value is -3.20. The van der Waals surface area contributed by atoms with Crippen molar-refractivity contribution in [3.8, 4) is 5.75 Å². The Morgan fingerprint density at radius 1 is 1.17 bits per heavy atom. The summed E-state index contributed by atoms with van der Waals surface area (Å²) in [4.78, 5) is 25.0. The van der Waals surface area contributed by atoms with Gasteiger partial charge in [-0.3, -0.25) is 10.2 Å². The number of methoxy groups -OCH3 is 1. The lowest BCUT2D eigenvalue weighted by Crippen LogP contribution is -2.25. The standard InChI is InChI=1S/C20H24N4O4S/c1-4-28-20(26)15(24-12-7-5-11(6-8-12)18(21)22)13-9-10-14(19(23)25)17(29-3)16(13)27-2/h5-10,15,24H,4H2,1-3H3,(H3,21,22)(H2,23,25). The summed E-state index contributed by atoms with van der Waals surface area (Å²) in [6.45, 7) is 1.93. The molecule has 1 atom stereocenters. The second-order valence-electron chi connectivity index (χ2n) is 5.95. The number of nitrogen functional groups attached to an aromatic ring is 1. The minimum atomic E-state index is -0.888. The molecule has 29 heavy (non-hydrogen) atoms. The van der Waals surface area contributed by atoms with Gasteiger partial charge in [0.25, 0.3) is 0 Å². The first-order valence-corrected chi connectivity index (χ1v) is 9.98. The van der Waals surface area contributed by atoms with Crippen molar-refractivity contribution in [3.05, 3.63) is 53.1 Å². The first-order valence-electron chi connectivity index (χ1n) is 8.76. The molecule has 0 heterocycles. The number of nitrogens with one attached hydrogen (secondary N) is 2. The number of anilines is 1. The lowest BCUT2D eigenvalue weighted by molar-refractivity contribution is -0.144. The third kappa shape index (κ3) is 5.00. The van der Waals surface area contributed by atoms with Crippen LogP contribution in [0.25, 0.3) is 0 Å². The van der Waals surface area contributed by atoms with Gasteiger partial charge >= 0.3 is 5.97 Å². The molecule has 2 aromatic carbocycles. The highest BCUT2D eigenvalue weighted by molar-refractivity contribution is 7.98. The molecule has 6 N–H and O–H groups in total. The monoisotopic (exact) mass is 416 g/mol. The number of nitrogens with two attached hydrogens (primary N) is 2. The Kier molecular flexibility index (Phi) is 7.49. The summed E-state index contributed by atoms with van der Waals surface area (Å²) in [5.41, 5.74) is 13.0. The molecule has 0 aromatic heterocycles. The SMILES string of the molecule is CCOC(=O)C(Nc1ccc(C(=N)N)cc1)c1ccc(C(N)=O)c(SC)c1OC. The fraction of sp³-hybridized carbons (Fsp3) is 0.250. The summed E-state index contributed by atoms with van der Waals surface area (Å²) in [5.74, 6) is -0.758. The number of primary amides is 1. The third-order valence-corrected chi connectivity index (χ3v) is 4.97. The molecule has 8 nitrogen and oxygen atoms in total. The van der Waals surface area contributed by atoms with E-state index in [2.05, 4.69) is 5.32 Å². The Balaban J connectivity index is 2.53. The minimum absolute atomic E-state index is 0.0492. The summed E-state index contributed by atoms with van der Waals surface area (Å²) in [5, 5.41) is 10.6. The van der Waals surface area contributed by atoms with Crippen molar-refractivity contribution in [1.82, 2.24) is 0 Å². The van der Waals surface area contributed by atoms with Gasteiger partial charge in [-0.15, -0.1) is 11.8 Å². The summed E-state index contributed by atoms with van der Waals surface area (Å²) in [6.07, 6.45) is 1.79. The number of amidine groups is 1. The number of esters is 1. The molecular weight excluding hydrogens is 392 g/mol. The van der Waals surface area contributed by atoms with Gasteiger partial charge in [0, 0.05) is 16.8 Å². The summed E-state index contributed by atoms with van der Waals surface area (Å²) >= 11 is 1.30. The Morgan fingerprint density at radius 2 is 1.83 bits per heavy atom. The van der Waals surface area contributed by atoms with Crippen LogP contribution in [0.3, 0.4) is 0 Å². The second-order valence-corrected chi connectivity index (χ2v) is 6.77. The van der Waals surface area contributed by atoms with Crippen LogP contribution in [0.4, 0.5) is 5.69 Å². The third-order valence-electron chi connectivity index (χ3n) is 4.16. The zero-order valence-electron chi connectivity index (χ0n) is 16.4. The molecule has 9 heteroatoms. The predicted molar refractivity (Wildman–Crippen MR) is 114 cm³/mol. The Bertz CT molecular complexity index is 915. The number of hydrogen-bond acceptors (Lipinski definition) is 7. The summed E-state index contributed by atoms with van der Waals surface area (Å²) < 4.78 is 10.8. The number of rotatable bonds is 9. The van der Waals surface area contributed by atoms with Crippen molar-refractivity contribution < 1.29 is 19.1 Å². The van der Waals surface area contributed by atoms with Crippen LogP contribution in [-0.2, 0) is 9.53 Å².